The van der Waals surface area contributed by atoms with Crippen molar-refractivity contribution >= 4 is 28.6 Å². The number of hydrogen-bond acceptors (Lipinski definition) is 7. The monoisotopic (exact) mass is 473 g/mol. The molecule has 1 fully saturated rings. The van der Waals surface area contributed by atoms with Crippen molar-refractivity contribution in [1.82, 2.24) is 25.6 Å². The van der Waals surface area contributed by atoms with Crippen LogP contribution in [0.5, 0.6) is 0 Å². The predicted octanol–water partition coefficient (Wildman–Crippen LogP) is 4.42. The van der Waals surface area contributed by atoms with Crippen LogP contribution in [0.15, 0.2) is 41.8 Å². The molecule has 1 aliphatic carbocycles. The lowest BCUT2D eigenvalue weighted by Crippen LogP contribution is -2.16. The van der Waals surface area contributed by atoms with Gasteiger partial charge in [0.25, 0.3) is 5.91 Å². The summed E-state index contributed by atoms with van der Waals surface area (Å²) in [6.07, 6.45) is 3.67. The third-order valence-electron chi connectivity index (χ3n) is 5.67. The normalized spacial score (nSPS) is 13.0. The van der Waals surface area contributed by atoms with E-state index in [1.807, 2.05) is 6.07 Å². The molecule has 34 heavy (non-hydrogen) atoms. The van der Waals surface area contributed by atoms with Gasteiger partial charge in [0.2, 0.25) is 5.82 Å². The summed E-state index contributed by atoms with van der Waals surface area (Å²) in [5.74, 6) is 5.72. The van der Waals surface area contributed by atoms with E-state index in [2.05, 4.69) is 53.5 Å². The van der Waals surface area contributed by atoms with Crippen molar-refractivity contribution in [2.75, 3.05) is 17.7 Å². The molecular weight excluding hydrogens is 453 g/mol. The van der Waals surface area contributed by atoms with Gasteiger partial charge < -0.3 is 10.6 Å². The highest BCUT2D eigenvalue weighted by molar-refractivity contribution is 7.10. The van der Waals surface area contributed by atoms with Crippen molar-refractivity contribution in [3.8, 4) is 23.2 Å². The number of tetrazole rings is 1. The second-order valence-electron chi connectivity index (χ2n) is 7.86. The Morgan fingerprint density at radius 3 is 2.85 bits per heavy atom. The van der Waals surface area contributed by atoms with Gasteiger partial charge >= 0.3 is 0 Å². The largest absolute Gasteiger partial charge is 0.387 e. The highest BCUT2D eigenvalue weighted by atomic mass is 32.1. The number of rotatable bonds is 5. The standard InChI is InChI=1S/C24H20FN7OS/c1-26-19-12-16(23-29-31-32-30-23)11-18(25)22(19)24(33)27-17-7-2-4-14(10-17)8-9-21-28-20(13-34-21)15-5-3-6-15/h2,4,7,10-13,15,26H,3,5-6H2,1H3,(H,27,33)(H,29,30,31,32). The summed E-state index contributed by atoms with van der Waals surface area (Å²) in [5, 5.41) is 22.0. The fourth-order valence-electron chi connectivity index (χ4n) is 3.68. The molecule has 1 saturated carbocycles. The molecule has 5 rings (SSSR count). The lowest BCUT2D eigenvalue weighted by molar-refractivity contribution is 0.102. The number of carbonyl (C=O) groups is 1. The van der Waals surface area contributed by atoms with Crippen LogP contribution in [-0.4, -0.2) is 38.6 Å². The summed E-state index contributed by atoms with van der Waals surface area (Å²) in [4.78, 5) is 17.5. The molecule has 10 heteroatoms. The Kier molecular flexibility index (Phi) is 6.01. The molecule has 3 N–H and O–H groups in total. The molecule has 1 aliphatic rings. The number of benzene rings is 2. The fraction of sp³-hybridized carbons (Fsp3) is 0.208. The van der Waals surface area contributed by atoms with Gasteiger partial charge in [0.05, 0.1) is 16.9 Å². The van der Waals surface area contributed by atoms with E-state index in [9.17, 15) is 9.18 Å². The lowest BCUT2D eigenvalue weighted by atomic mass is 9.83. The number of aromatic amines is 1. The second kappa shape index (κ2) is 9.41. The molecule has 0 unspecified atom stereocenters. The lowest BCUT2D eigenvalue weighted by Gasteiger charge is -2.22. The molecule has 2 aromatic heterocycles. The Bertz CT molecular complexity index is 1400. The van der Waals surface area contributed by atoms with E-state index in [-0.39, 0.29) is 11.4 Å². The summed E-state index contributed by atoms with van der Waals surface area (Å²) in [6, 6.07) is 9.91. The minimum Gasteiger partial charge on any atom is -0.387 e. The van der Waals surface area contributed by atoms with Crippen molar-refractivity contribution < 1.29 is 9.18 Å². The van der Waals surface area contributed by atoms with Gasteiger partial charge in [-0.25, -0.2) is 9.37 Å². The number of halogens is 1. The maximum atomic E-state index is 14.9. The van der Waals surface area contributed by atoms with Gasteiger partial charge in [-0.05, 0) is 54.3 Å². The zero-order valence-electron chi connectivity index (χ0n) is 18.2. The van der Waals surface area contributed by atoms with Crippen LogP contribution in [0.2, 0.25) is 0 Å². The Balaban J connectivity index is 1.34. The molecule has 0 saturated heterocycles. The number of hydrogen-bond donors (Lipinski definition) is 3. The van der Waals surface area contributed by atoms with Gasteiger partial charge in [0.1, 0.15) is 5.82 Å². The molecule has 170 valence electrons. The molecule has 0 atom stereocenters. The minimum atomic E-state index is -0.703. The van der Waals surface area contributed by atoms with Crippen molar-refractivity contribution in [3.63, 3.8) is 0 Å². The summed E-state index contributed by atoms with van der Waals surface area (Å²) in [7, 11) is 1.61. The maximum Gasteiger partial charge on any atom is 0.260 e. The third-order valence-corrected chi connectivity index (χ3v) is 6.45. The Labute approximate surface area is 199 Å². The third kappa shape index (κ3) is 4.51. The SMILES string of the molecule is CNc1cc(-c2nn[nH]n2)cc(F)c1C(=O)Nc1cccc(C#Cc2nc(C3CCC3)cs2)c1. The first-order chi connectivity index (χ1) is 16.6. The van der Waals surface area contributed by atoms with Gasteiger partial charge in [0, 0.05) is 35.2 Å². The number of H-pyrrole nitrogens is 1. The van der Waals surface area contributed by atoms with Crippen molar-refractivity contribution in [1.29, 1.82) is 0 Å². The van der Waals surface area contributed by atoms with Crippen molar-refractivity contribution in [3.05, 3.63) is 69.4 Å². The number of nitrogens with one attached hydrogen (secondary N) is 3. The maximum absolute atomic E-state index is 14.9. The van der Waals surface area contributed by atoms with Crippen LogP contribution in [0.3, 0.4) is 0 Å². The Morgan fingerprint density at radius 2 is 2.12 bits per heavy atom. The zero-order chi connectivity index (χ0) is 23.5. The predicted molar refractivity (Wildman–Crippen MR) is 128 cm³/mol. The average molecular weight is 474 g/mol. The second-order valence-corrected chi connectivity index (χ2v) is 8.71. The van der Waals surface area contributed by atoms with Gasteiger partial charge in [-0.2, -0.15) is 5.21 Å². The van der Waals surface area contributed by atoms with Crippen LogP contribution >= 0.6 is 11.3 Å². The molecule has 2 heterocycles. The number of amides is 1. The summed E-state index contributed by atoms with van der Waals surface area (Å²) < 4.78 is 14.9. The van der Waals surface area contributed by atoms with Gasteiger partial charge in [-0.1, -0.05) is 18.4 Å². The van der Waals surface area contributed by atoms with E-state index in [4.69, 9.17) is 0 Å². The highest BCUT2D eigenvalue weighted by Crippen LogP contribution is 2.36. The number of aromatic nitrogens is 5. The molecule has 2 aromatic carbocycles. The van der Waals surface area contributed by atoms with Gasteiger partial charge in [0.15, 0.2) is 5.01 Å². The number of carbonyl (C=O) groups excluding carboxylic acids is 1. The first kappa shape index (κ1) is 21.7. The minimum absolute atomic E-state index is 0.113. The Morgan fingerprint density at radius 1 is 1.24 bits per heavy atom. The van der Waals surface area contributed by atoms with Crippen LogP contribution in [0.25, 0.3) is 11.4 Å². The fourth-order valence-corrected chi connectivity index (χ4v) is 4.42. The zero-order valence-corrected chi connectivity index (χ0v) is 19.0. The van der Waals surface area contributed by atoms with E-state index in [0.717, 1.165) is 16.3 Å². The Hall–Kier alpha value is -4.10. The molecule has 4 aromatic rings. The van der Waals surface area contributed by atoms with Crippen molar-refractivity contribution in [2.24, 2.45) is 0 Å². The van der Waals surface area contributed by atoms with Gasteiger partial charge in [-0.3, -0.25) is 4.79 Å². The highest BCUT2D eigenvalue weighted by Gasteiger charge is 2.22. The van der Waals surface area contributed by atoms with Crippen LogP contribution in [0.4, 0.5) is 15.8 Å². The van der Waals surface area contributed by atoms with Crippen LogP contribution in [0.1, 0.15) is 51.8 Å². The van der Waals surface area contributed by atoms with E-state index >= 15 is 0 Å². The van der Waals surface area contributed by atoms with Gasteiger partial charge in [-0.15, -0.1) is 21.5 Å². The summed E-state index contributed by atoms with van der Waals surface area (Å²) in [6.45, 7) is 0. The molecule has 1 amide bonds. The summed E-state index contributed by atoms with van der Waals surface area (Å²) in [5.41, 5.74) is 2.95. The van der Waals surface area contributed by atoms with Crippen molar-refractivity contribution in [2.45, 2.75) is 25.2 Å². The number of thiazole rings is 1. The van der Waals surface area contributed by atoms with Crippen LogP contribution in [-0.2, 0) is 0 Å². The van der Waals surface area contributed by atoms with E-state index in [1.165, 1.54) is 25.3 Å². The van der Waals surface area contributed by atoms with E-state index in [0.29, 0.717) is 22.9 Å². The number of nitrogens with zero attached hydrogens (tertiary/aromatic N) is 4. The average Bonchev–Trinajstić information content (AvgIpc) is 3.49. The number of anilines is 2. The first-order valence-electron chi connectivity index (χ1n) is 10.7. The quantitative estimate of drug-likeness (QED) is 0.370. The molecule has 0 aliphatic heterocycles. The topological polar surface area (TPSA) is 108 Å². The molecule has 0 bridgehead atoms. The van der Waals surface area contributed by atoms with Crippen LogP contribution in [0, 0.1) is 17.7 Å². The smallest absolute Gasteiger partial charge is 0.260 e. The molecule has 8 nitrogen and oxygen atoms in total. The van der Waals surface area contributed by atoms with Crippen LogP contribution < -0.4 is 10.6 Å². The van der Waals surface area contributed by atoms with E-state index < -0.39 is 11.7 Å². The summed E-state index contributed by atoms with van der Waals surface area (Å²) >= 11 is 1.55. The molecular formula is C24H20FN7OS. The first-order valence-corrected chi connectivity index (χ1v) is 11.6. The molecule has 0 spiro atoms. The molecule has 0 radical (unpaired) electrons. The van der Waals surface area contributed by atoms with E-state index in [1.54, 1.807) is 42.6 Å².